The first kappa shape index (κ1) is 11.9. The second-order valence-corrected chi connectivity index (χ2v) is 3.70. The number of rotatable bonds is 4. The van der Waals surface area contributed by atoms with Gasteiger partial charge in [-0.1, -0.05) is 6.07 Å². The minimum absolute atomic E-state index is 0.354. The molecule has 1 atom stereocenters. The Kier molecular flexibility index (Phi) is 3.99. The lowest BCUT2D eigenvalue weighted by Crippen LogP contribution is -2.10. The summed E-state index contributed by atoms with van der Waals surface area (Å²) >= 11 is 1.43. The lowest BCUT2D eigenvalue weighted by Gasteiger charge is -2.10. The minimum Gasteiger partial charge on any atom is -0.496 e. The summed E-state index contributed by atoms with van der Waals surface area (Å²) in [7, 11) is 1.54. The molecule has 0 saturated heterocycles. The number of carbonyl (C=O) groups is 1. The van der Waals surface area contributed by atoms with Crippen molar-refractivity contribution in [3.63, 3.8) is 0 Å². The molecule has 15 heavy (non-hydrogen) atoms. The maximum Gasteiger partial charge on any atom is 0.337 e. The molecule has 1 unspecified atom stereocenters. The van der Waals surface area contributed by atoms with Gasteiger partial charge in [-0.25, -0.2) is 4.79 Å². The van der Waals surface area contributed by atoms with E-state index < -0.39 is 12.1 Å². The van der Waals surface area contributed by atoms with Crippen LogP contribution in [0.1, 0.15) is 11.7 Å². The zero-order chi connectivity index (χ0) is 11.4. The molecule has 0 bridgehead atoms. The molecule has 0 radical (unpaired) electrons. The quantitative estimate of drug-likeness (QED) is 0.765. The number of hydrogen-bond acceptors (Lipinski definition) is 4. The molecule has 1 aromatic carbocycles. The fraction of sp³-hybridized carbons (Fsp3) is 0.300. The third-order valence-corrected chi connectivity index (χ3v) is 2.72. The molecule has 0 amide bonds. The smallest absolute Gasteiger partial charge is 0.337 e. The first-order valence-corrected chi connectivity index (χ1v) is 5.45. The van der Waals surface area contributed by atoms with Crippen LogP contribution in [0, 0.1) is 0 Å². The van der Waals surface area contributed by atoms with Crippen molar-refractivity contribution in [2.75, 3.05) is 13.4 Å². The van der Waals surface area contributed by atoms with Gasteiger partial charge in [-0.05, 0) is 24.0 Å². The van der Waals surface area contributed by atoms with Gasteiger partial charge < -0.3 is 14.9 Å². The average molecular weight is 228 g/mol. The van der Waals surface area contributed by atoms with Crippen molar-refractivity contribution >= 4 is 17.7 Å². The fourth-order valence-electron chi connectivity index (χ4n) is 1.17. The Labute approximate surface area is 91.9 Å². The molecule has 1 aromatic rings. The van der Waals surface area contributed by atoms with Crippen molar-refractivity contribution in [3.8, 4) is 5.75 Å². The summed E-state index contributed by atoms with van der Waals surface area (Å²) in [5, 5.41) is 18.0. The Bertz CT molecular complexity index is 364. The van der Waals surface area contributed by atoms with E-state index in [1.165, 1.54) is 17.8 Å². The van der Waals surface area contributed by atoms with Gasteiger partial charge >= 0.3 is 5.97 Å². The van der Waals surface area contributed by atoms with Crippen molar-refractivity contribution in [2.45, 2.75) is 11.0 Å². The number of aliphatic carboxylic acids is 1. The van der Waals surface area contributed by atoms with E-state index in [9.17, 15) is 9.90 Å². The molecule has 4 nitrogen and oxygen atoms in total. The second kappa shape index (κ2) is 5.04. The van der Waals surface area contributed by atoms with E-state index in [1.807, 2.05) is 6.26 Å². The largest absolute Gasteiger partial charge is 0.496 e. The summed E-state index contributed by atoms with van der Waals surface area (Å²) in [5.41, 5.74) is 0.354. The predicted molar refractivity (Wildman–Crippen MR) is 57.4 cm³/mol. The fourth-order valence-corrected chi connectivity index (χ4v) is 1.77. The van der Waals surface area contributed by atoms with E-state index in [1.54, 1.807) is 19.2 Å². The highest BCUT2D eigenvalue weighted by Gasteiger charge is 2.17. The SMILES string of the molecule is COc1ccc(C(O)C(=O)O)cc1SC. The Morgan fingerprint density at radius 3 is 2.67 bits per heavy atom. The molecular weight excluding hydrogens is 216 g/mol. The van der Waals surface area contributed by atoms with Crippen LogP contribution in [0.3, 0.4) is 0 Å². The van der Waals surface area contributed by atoms with E-state index in [0.717, 1.165) is 4.90 Å². The van der Waals surface area contributed by atoms with Crippen LogP contribution < -0.4 is 4.74 Å². The van der Waals surface area contributed by atoms with E-state index in [-0.39, 0.29) is 0 Å². The molecule has 0 aliphatic carbocycles. The molecule has 82 valence electrons. The summed E-state index contributed by atoms with van der Waals surface area (Å²) in [6.07, 6.45) is 0.371. The highest BCUT2D eigenvalue weighted by atomic mass is 32.2. The minimum atomic E-state index is -1.48. The monoisotopic (exact) mass is 228 g/mol. The number of thioether (sulfide) groups is 1. The Morgan fingerprint density at radius 1 is 1.53 bits per heavy atom. The molecular formula is C10H12O4S. The van der Waals surface area contributed by atoms with Gasteiger partial charge in [-0.3, -0.25) is 0 Å². The number of methoxy groups -OCH3 is 1. The van der Waals surface area contributed by atoms with Crippen molar-refractivity contribution < 1.29 is 19.7 Å². The number of aliphatic hydroxyl groups excluding tert-OH is 1. The lowest BCUT2D eigenvalue weighted by atomic mass is 10.1. The van der Waals surface area contributed by atoms with Crippen molar-refractivity contribution in [3.05, 3.63) is 23.8 Å². The lowest BCUT2D eigenvalue weighted by molar-refractivity contribution is -0.146. The molecule has 0 aromatic heterocycles. The van der Waals surface area contributed by atoms with Crippen LogP contribution in [0.5, 0.6) is 5.75 Å². The van der Waals surface area contributed by atoms with E-state index in [4.69, 9.17) is 9.84 Å². The summed E-state index contributed by atoms with van der Waals surface area (Å²) in [6.45, 7) is 0. The summed E-state index contributed by atoms with van der Waals surface area (Å²) in [5.74, 6) is -0.587. The maximum absolute atomic E-state index is 10.6. The van der Waals surface area contributed by atoms with Gasteiger partial charge in [-0.2, -0.15) is 0 Å². The third kappa shape index (κ3) is 2.64. The van der Waals surface area contributed by atoms with Gasteiger partial charge in [-0.15, -0.1) is 11.8 Å². The van der Waals surface area contributed by atoms with Gasteiger partial charge in [0.1, 0.15) is 5.75 Å². The number of hydrogen-bond donors (Lipinski definition) is 2. The van der Waals surface area contributed by atoms with Gasteiger partial charge in [0.05, 0.1) is 7.11 Å². The van der Waals surface area contributed by atoms with Crippen molar-refractivity contribution in [1.29, 1.82) is 0 Å². The van der Waals surface area contributed by atoms with Crippen LogP contribution in [0.25, 0.3) is 0 Å². The predicted octanol–water partition coefficient (Wildman–Crippen LogP) is 1.54. The van der Waals surface area contributed by atoms with Crippen LogP contribution >= 0.6 is 11.8 Å². The van der Waals surface area contributed by atoms with Gasteiger partial charge in [0.25, 0.3) is 0 Å². The summed E-state index contributed by atoms with van der Waals surface area (Å²) in [4.78, 5) is 11.4. The van der Waals surface area contributed by atoms with Crippen LogP contribution in [0.15, 0.2) is 23.1 Å². The molecule has 0 spiro atoms. The number of ether oxygens (including phenoxy) is 1. The number of benzene rings is 1. The van der Waals surface area contributed by atoms with Crippen LogP contribution in [-0.4, -0.2) is 29.5 Å². The molecule has 2 N–H and O–H groups in total. The molecule has 0 heterocycles. The summed E-state index contributed by atoms with van der Waals surface area (Å²) in [6, 6.07) is 4.80. The van der Waals surface area contributed by atoms with Crippen LogP contribution in [-0.2, 0) is 4.79 Å². The van der Waals surface area contributed by atoms with Crippen LogP contribution in [0.4, 0.5) is 0 Å². The van der Waals surface area contributed by atoms with E-state index >= 15 is 0 Å². The number of carboxylic acid groups (broad SMARTS) is 1. The average Bonchev–Trinajstić information content (AvgIpc) is 2.26. The molecule has 0 aliphatic heterocycles. The highest BCUT2D eigenvalue weighted by Crippen LogP contribution is 2.30. The normalized spacial score (nSPS) is 12.2. The molecule has 5 heteroatoms. The zero-order valence-corrected chi connectivity index (χ0v) is 9.25. The molecule has 0 fully saturated rings. The van der Waals surface area contributed by atoms with E-state index in [2.05, 4.69) is 0 Å². The third-order valence-electron chi connectivity index (χ3n) is 1.96. The summed E-state index contributed by atoms with van der Waals surface area (Å²) < 4.78 is 5.08. The second-order valence-electron chi connectivity index (χ2n) is 2.86. The van der Waals surface area contributed by atoms with Crippen molar-refractivity contribution in [1.82, 2.24) is 0 Å². The first-order chi connectivity index (χ1) is 7.10. The standard InChI is InChI=1S/C10H12O4S/c1-14-7-4-3-6(5-8(7)15-2)9(11)10(12)13/h3-5,9,11H,1-2H3,(H,12,13). The topological polar surface area (TPSA) is 66.8 Å². The maximum atomic E-state index is 10.6. The zero-order valence-electron chi connectivity index (χ0n) is 8.43. The number of aliphatic hydroxyl groups is 1. The van der Waals surface area contributed by atoms with Gasteiger partial charge in [0.2, 0.25) is 0 Å². The van der Waals surface area contributed by atoms with Crippen LogP contribution in [0.2, 0.25) is 0 Å². The molecule has 0 aliphatic rings. The van der Waals surface area contributed by atoms with Gasteiger partial charge in [0, 0.05) is 4.90 Å². The Balaban J connectivity index is 3.07. The highest BCUT2D eigenvalue weighted by molar-refractivity contribution is 7.98. The molecule has 0 saturated carbocycles. The van der Waals surface area contributed by atoms with E-state index in [0.29, 0.717) is 11.3 Å². The Morgan fingerprint density at radius 2 is 2.20 bits per heavy atom. The van der Waals surface area contributed by atoms with Crippen molar-refractivity contribution in [2.24, 2.45) is 0 Å². The molecule has 1 rings (SSSR count). The Hall–Kier alpha value is -1.20. The number of carboxylic acids is 1. The van der Waals surface area contributed by atoms with Gasteiger partial charge in [0.15, 0.2) is 6.10 Å². The first-order valence-electron chi connectivity index (χ1n) is 4.23.